The van der Waals surface area contributed by atoms with Crippen molar-refractivity contribution >= 4 is 12.6 Å². The van der Waals surface area contributed by atoms with Gasteiger partial charge < -0.3 is 0 Å². The summed E-state index contributed by atoms with van der Waals surface area (Å²) in [4.78, 5) is 1.04. The third-order valence-electron chi connectivity index (χ3n) is 1.48. The molecule has 0 aliphatic heterocycles. The van der Waals surface area contributed by atoms with Crippen molar-refractivity contribution in [1.29, 1.82) is 0 Å². The maximum Gasteiger partial charge on any atom is 0.00401 e. The summed E-state index contributed by atoms with van der Waals surface area (Å²) in [6, 6.07) is 8.33. The quantitative estimate of drug-likeness (QED) is 0.714. The SMILES string of the molecule is CCCc1ccc(S)cc1.F.F.F. The van der Waals surface area contributed by atoms with Gasteiger partial charge in [-0.3, -0.25) is 14.1 Å². The molecule has 0 bridgehead atoms. The smallest absolute Gasteiger partial charge is 0.00401 e. The highest BCUT2D eigenvalue weighted by molar-refractivity contribution is 7.80. The van der Waals surface area contributed by atoms with Crippen LogP contribution in [0.5, 0.6) is 0 Å². The van der Waals surface area contributed by atoms with Gasteiger partial charge in [-0.25, -0.2) is 0 Å². The lowest BCUT2D eigenvalue weighted by atomic mass is 10.1. The predicted octanol–water partition coefficient (Wildman–Crippen LogP) is 3.39. The summed E-state index contributed by atoms with van der Waals surface area (Å²) in [5.41, 5.74) is 1.40. The number of benzene rings is 1. The van der Waals surface area contributed by atoms with Crippen molar-refractivity contribution in [2.75, 3.05) is 0 Å². The summed E-state index contributed by atoms with van der Waals surface area (Å²) in [7, 11) is 0. The molecule has 0 aliphatic rings. The zero-order valence-corrected chi connectivity index (χ0v) is 8.29. The monoisotopic (exact) mass is 212 g/mol. The number of aryl methyl sites for hydroxylation is 1. The number of hydrogen-bond donors (Lipinski definition) is 1. The fourth-order valence-corrected chi connectivity index (χ4v) is 1.10. The Morgan fingerprint density at radius 3 is 1.85 bits per heavy atom. The molecule has 0 saturated carbocycles. The van der Waals surface area contributed by atoms with E-state index in [0.717, 1.165) is 4.90 Å². The summed E-state index contributed by atoms with van der Waals surface area (Å²) >= 11 is 4.20. The Bertz CT molecular complexity index is 199. The first-order valence-corrected chi connectivity index (χ1v) is 4.05. The molecule has 1 aromatic carbocycles. The number of rotatable bonds is 2. The molecule has 0 nitrogen and oxygen atoms in total. The average molecular weight is 212 g/mol. The Labute approximate surface area is 81.9 Å². The van der Waals surface area contributed by atoms with Crippen LogP contribution in [0.25, 0.3) is 0 Å². The fourth-order valence-electron chi connectivity index (χ4n) is 0.951. The highest BCUT2D eigenvalue weighted by Crippen LogP contribution is 2.08. The largest absolute Gasteiger partial charge is 0.269 e. The summed E-state index contributed by atoms with van der Waals surface area (Å²) < 4.78 is 0. The van der Waals surface area contributed by atoms with E-state index in [1.807, 2.05) is 12.1 Å². The molecule has 0 spiro atoms. The average Bonchev–Trinajstić information content (AvgIpc) is 1.95. The van der Waals surface area contributed by atoms with Gasteiger partial charge in [0, 0.05) is 4.90 Å². The summed E-state index contributed by atoms with van der Waals surface area (Å²) in [6.45, 7) is 2.19. The van der Waals surface area contributed by atoms with Gasteiger partial charge in [-0.2, -0.15) is 0 Å². The molecule has 1 aromatic rings. The minimum absolute atomic E-state index is 0. The molecule has 1 rings (SSSR count). The zero-order chi connectivity index (χ0) is 7.40. The Hall–Kier alpha value is -0.640. The van der Waals surface area contributed by atoms with Crippen LogP contribution in [-0.4, -0.2) is 0 Å². The van der Waals surface area contributed by atoms with E-state index in [2.05, 4.69) is 31.7 Å². The van der Waals surface area contributed by atoms with E-state index in [0.29, 0.717) is 0 Å². The van der Waals surface area contributed by atoms with Gasteiger partial charge in [0.05, 0.1) is 0 Å². The highest BCUT2D eigenvalue weighted by Gasteiger charge is 1.88. The van der Waals surface area contributed by atoms with Crippen LogP contribution < -0.4 is 0 Å². The van der Waals surface area contributed by atoms with Crippen LogP contribution in [-0.2, 0) is 6.42 Å². The van der Waals surface area contributed by atoms with Crippen molar-refractivity contribution in [3.05, 3.63) is 29.8 Å². The molecule has 0 amide bonds. The number of hydrogen-bond acceptors (Lipinski definition) is 1. The van der Waals surface area contributed by atoms with Crippen molar-refractivity contribution in [3.63, 3.8) is 0 Å². The molecule has 0 heterocycles. The molecule has 0 radical (unpaired) electrons. The maximum atomic E-state index is 4.20. The normalized spacial score (nSPS) is 7.54. The molecule has 0 aliphatic carbocycles. The molecule has 78 valence electrons. The Kier molecular flexibility index (Phi) is 13.2. The first-order valence-electron chi connectivity index (χ1n) is 3.61. The van der Waals surface area contributed by atoms with Gasteiger partial charge in [-0.1, -0.05) is 25.5 Å². The Morgan fingerprint density at radius 1 is 1.00 bits per heavy atom. The van der Waals surface area contributed by atoms with Crippen LogP contribution in [0.15, 0.2) is 29.2 Å². The van der Waals surface area contributed by atoms with E-state index in [4.69, 9.17) is 0 Å². The highest BCUT2D eigenvalue weighted by atomic mass is 32.1. The van der Waals surface area contributed by atoms with Gasteiger partial charge in [0.25, 0.3) is 0 Å². The standard InChI is InChI=1S/C9H12S.3FH/c1-2-3-8-4-6-9(10)7-5-8;;;/h4-7,10H,2-3H2,1H3;3*1H. The van der Waals surface area contributed by atoms with E-state index in [1.165, 1.54) is 18.4 Å². The molecule has 13 heavy (non-hydrogen) atoms. The topological polar surface area (TPSA) is 0 Å². The van der Waals surface area contributed by atoms with Crippen LogP contribution in [0.2, 0.25) is 0 Å². The minimum Gasteiger partial charge on any atom is -0.269 e. The minimum atomic E-state index is 0. The van der Waals surface area contributed by atoms with E-state index in [9.17, 15) is 0 Å². The van der Waals surface area contributed by atoms with Gasteiger partial charge in [-0.05, 0) is 24.1 Å². The van der Waals surface area contributed by atoms with Gasteiger partial charge in [-0.15, -0.1) is 12.6 Å². The van der Waals surface area contributed by atoms with E-state index >= 15 is 0 Å². The van der Waals surface area contributed by atoms with Crippen LogP contribution in [0.1, 0.15) is 18.9 Å². The van der Waals surface area contributed by atoms with Gasteiger partial charge in [0.1, 0.15) is 0 Å². The molecule has 0 unspecified atom stereocenters. The van der Waals surface area contributed by atoms with Gasteiger partial charge >= 0.3 is 0 Å². The second-order valence-corrected chi connectivity index (χ2v) is 2.93. The van der Waals surface area contributed by atoms with E-state index in [1.54, 1.807) is 0 Å². The van der Waals surface area contributed by atoms with Crippen molar-refractivity contribution < 1.29 is 14.1 Å². The number of halogens is 3. The third-order valence-corrected chi connectivity index (χ3v) is 1.77. The van der Waals surface area contributed by atoms with Gasteiger partial charge in [0.15, 0.2) is 0 Å². The summed E-state index contributed by atoms with van der Waals surface area (Å²) in [5, 5.41) is 0. The molecular weight excluding hydrogens is 197 g/mol. The van der Waals surface area contributed by atoms with Gasteiger partial charge in [0.2, 0.25) is 0 Å². The lowest BCUT2D eigenvalue weighted by Crippen LogP contribution is -1.80. The molecular formula is C9H15F3S. The molecule has 0 atom stereocenters. The summed E-state index contributed by atoms with van der Waals surface area (Å²) in [6.07, 6.45) is 2.39. The van der Waals surface area contributed by atoms with Crippen LogP contribution in [0.3, 0.4) is 0 Å². The molecule has 0 saturated heterocycles. The van der Waals surface area contributed by atoms with Crippen LogP contribution in [0.4, 0.5) is 14.1 Å². The second-order valence-electron chi connectivity index (χ2n) is 2.42. The third kappa shape index (κ3) is 6.51. The lowest BCUT2D eigenvalue weighted by molar-refractivity contribution is 0.920. The van der Waals surface area contributed by atoms with E-state index in [-0.39, 0.29) is 14.1 Å². The lowest BCUT2D eigenvalue weighted by Gasteiger charge is -1.96. The molecule has 0 fully saturated rings. The van der Waals surface area contributed by atoms with Crippen molar-refractivity contribution in [3.8, 4) is 0 Å². The molecule has 0 N–H and O–H groups in total. The maximum absolute atomic E-state index is 4.20. The van der Waals surface area contributed by atoms with Crippen molar-refractivity contribution in [2.24, 2.45) is 0 Å². The summed E-state index contributed by atoms with van der Waals surface area (Å²) in [5.74, 6) is 0. The Balaban J connectivity index is -0.000000333. The van der Waals surface area contributed by atoms with E-state index < -0.39 is 0 Å². The Morgan fingerprint density at radius 2 is 1.46 bits per heavy atom. The predicted molar refractivity (Wildman–Crippen MR) is 55.2 cm³/mol. The van der Waals surface area contributed by atoms with Crippen molar-refractivity contribution in [2.45, 2.75) is 24.7 Å². The van der Waals surface area contributed by atoms with Crippen LogP contribution in [0, 0.1) is 0 Å². The molecule has 4 heteroatoms. The zero-order valence-electron chi connectivity index (χ0n) is 7.40. The van der Waals surface area contributed by atoms with Crippen LogP contribution >= 0.6 is 12.6 Å². The first kappa shape index (κ1) is 18.2. The first-order chi connectivity index (χ1) is 4.83. The second kappa shape index (κ2) is 9.45. The fraction of sp³-hybridized carbons (Fsp3) is 0.333. The molecule has 0 aromatic heterocycles. The van der Waals surface area contributed by atoms with Crippen molar-refractivity contribution in [1.82, 2.24) is 0 Å². The number of thiol groups is 1.